The molecule has 1 aliphatic rings. The third kappa shape index (κ3) is 6.78. The van der Waals surface area contributed by atoms with Crippen LogP contribution in [0.1, 0.15) is 47.0 Å². The molecule has 3 N–H and O–H groups in total. The Balaban J connectivity index is 2.27. The van der Waals surface area contributed by atoms with E-state index in [9.17, 15) is 4.79 Å². The Morgan fingerprint density at radius 3 is 2.53 bits per heavy atom. The lowest BCUT2D eigenvalue weighted by Crippen LogP contribution is -2.43. The van der Waals surface area contributed by atoms with Crippen LogP contribution in [0.2, 0.25) is 0 Å². The summed E-state index contributed by atoms with van der Waals surface area (Å²) in [6.45, 7) is 9.83. The first-order valence-electron chi connectivity index (χ1n) is 7.00. The summed E-state index contributed by atoms with van der Waals surface area (Å²) in [7, 11) is 0. The normalized spacial score (nSPS) is 20.7. The van der Waals surface area contributed by atoms with Gasteiger partial charge in [0.1, 0.15) is 5.60 Å². The van der Waals surface area contributed by atoms with Crippen molar-refractivity contribution in [2.24, 2.45) is 11.1 Å². The van der Waals surface area contributed by atoms with Crippen LogP contribution < -0.4 is 11.1 Å². The number of hydrogen-bond acceptors (Lipinski definition) is 4. The number of alkyl carbamates (subject to hydrolysis) is 1. The molecule has 1 atom stereocenters. The molecular weight excluding hydrogens is 244 g/mol. The molecule has 0 aromatic rings. The first-order chi connectivity index (χ1) is 8.70. The molecule has 0 radical (unpaired) electrons. The summed E-state index contributed by atoms with van der Waals surface area (Å²) in [4.78, 5) is 11.5. The first-order valence-corrected chi connectivity index (χ1v) is 7.00. The van der Waals surface area contributed by atoms with Gasteiger partial charge in [-0.25, -0.2) is 4.79 Å². The fourth-order valence-electron chi connectivity index (χ4n) is 2.30. The molecule has 1 unspecified atom stereocenters. The van der Waals surface area contributed by atoms with E-state index < -0.39 is 11.7 Å². The predicted molar refractivity (Wildman–Crippen MR) is 75.0 cm³/mol. The van der Waals surface area contributed by atoms with Crippen molar-refractivity contribution in [1.29, 1.82) is 0 Å². The second-order valence-corrected chi connectivity index (χ2v) is 6.77. The Kier molecular flexibility index (Phi) is 5.62. The zero-order valence-corrected chi connectivity index (χ0v) is 12.6. The number of amides is 1. The molecule has 112 valence electrons. The largest absolute Gasteiger partial charge is 0.444 e. The molecule has 1 saturated heterocycles. The van der Waals surface area contributed by atoms with Gasteiger partial charge in [-0.05, 0) is 45.4 Å². The van der Waals surface area contributed by atoms with Crippen LogP contribution in [0, 0.1) is 5.41 Å². The van der Waals surface area contributed by atoms with Crippen LogP contribution >= 0.6 is 0 Å². The molecule has 0 aromatic heterocycles. The van der Waals surface area contributed by atoms with Crippen LogP contribution in [0.4, 0.5) is 4.79 Å². The van der Waals surface area contributed by atoms with E-state index in [-0.39, 0.29) is 11.5 Å². The minimum atomic E-state index is -0.471. The van der Waals surface area contributed by atoms with E-state index in [1.807, 2.05) is 20.8 Å². The number of nitrogens with one attached hydrogen (secondary N) is 1. The maximum Gasteiger partial charge on any atom is 0.407 e. The molecule has 1 aliphatic heterocycles. The van der Waals surface area contributed by atoms with Crippen molar-refractivity contribution < 1.29 is 14.3 Å². The van der Waals surface area contributed by atoms with Gasteiger partial charge in [-0.15, -0.1) is 0 Å². The van der Waals surface area contributed by atoms with Crippen molar-refractivity contribution in [2.45, 2.75) is 58.6 Å². The highest BCUT2D eigenvalue weighted by Crippen LogP contribution is 2.34. The van der Waals surface area contributed by atoms with Crippen molar-refractivity contribution in [3.05, 3.63) is 0 Å². The minimum absolute atomic E-state index is 0.0457. The summed E-state index contributed by atoms with van der Waals surface area (Å²) in [6, 6.07) is -0.0457. The van der Waals surface area contributed by atoms with Crippen LogP contribution in [0.15, 0.2) is 0 Å². The second-order valence-electron chi connectivity index (χ2n) is 6.77. The number of carbonyl (C=O) groups excluding carboxylic acids is 1. The lowest BCUT2D eigenvalue weighted by Gasteiger charge is -2.35. The summed E-state index contributed by atoms with van der Waals surface area (Å²) >= 11 is 0. The third-order valence-electron chi connectivity index (χ3n) is 3.36. The summed E-state index contributed by atoms with van der Waals surface area (Å²) in [5, 5.41) is 2.73. The molecule has 0 aromatic carbocycles. The van der Waals surface area contributed by atoms with Crippen molar-refractivity contribution >= 4 is 6.09 Å². The highest BCUT2D eigenvalue weighted by atomic mass is 16.6. The van der Waals surface area contributed by atoms with Crippen molar-refractivity contribution in [2.75, 3.05) is 19.8 Å². The van der Waals surface area contributed by atoms with Gasteiger partial charge in [-0.1, -0.05) is 6.92 Å². The standard InChI is InChI=1S/C14H28N2O3/c1-13(2,3)19-12(17)16-10-11(15)9-14(4)5-7-18-8-6-14/h11H,5-10,15H2,1-4H3,(H,16,17). The van der Waals surface area contributed by atoms with Gasteiger partial charge in [0.15, 0.2) is 0 Å². The quantitative estimate of drug-likeness (QED) is 0.821. The molecule has 5 nitrogen and oxygen atoms in total. The van der Waals surface area contributed by atoms with Crippen molar-refractivity contribution in [1.82, 2.24) is 5.32 Å². The summed E-state index contributed by atoms with van der Waals surface area (Å²) in [5.74, 6) is 0. The molecule has 0 aliphatic carbocycles. The van der Waals surface area contributed by atoms with E-state index in [1.54, 1.807) is 0 Å². The number of rotatable bonds is 4. The molecule has 0 bridgehead atoms. The van der Waals surface area contributed by atoms with Gasteiger partial charge in [0.05, 0.1) is 0 Å². The van der Waals surface area contributed by atoms with Crippen LogP contribution in [0.5, 0.6) is 0 Å². The lowest BCUT2D eigenvalue weighted by atomic mass is 9.77. The van der Waals surface area contributed by atoms with Gasteiger partial charge in [0.25, 0.3) is 0 Å². The highest BCUT2D eigenvalue weighted by molar-refractivity contribution is 5.67. The van der Waals surface area contributed by atoms with E-state index in [0.29, 0.717) is 6.54 Å². The van der Waals surface area contributed by atoms with E-state index in [1.165, 1.54) is 0 Å². The van der Waals surface area contributed by atoms with Crippen LogP contribution in [0.3, 0.4) is 0 Å². The van der Waals surface area contributed by atoms with Crippen LogP contribution in [0.25, 0.3) is 0 Å². The topological polar surface area (TPSA) is 73.6 Å². The van der Waals surface area contributed by atoms with Gasteiger partial charge in [0, 0.05) is 25.8 Å². The highest BCUT2D eigenvalue weighted by Gasteiger charge is 2.29. The van der Waals surface area contributed by atoms with Gasteiger partial charge in [-0.2, -0.15) is 0 Å². The molecule has 19 heavy (non-hydrogen) atoms. The Morgan fingerprint density at radius 2 is 2.00 bits per heavy atom. The third-order valence-corrected chi connectivity index (χ3v) is 3.36. The fraction of sp³-hybridized carbons (Fsp3) is 0.929. The molecule has 1 amide bonds. The Morgan fingerprint density at radius 1 is 1.42 bits per heavy atom. The number of ether oxygens (including phenoxy) is 2. The van der Waals surface area contributed by atoms with Crippen LogP contribution in [-0.4, -0.2) is 37.5 Å². The van der Waals surface area contributed by atoms with Crippen LogP contribution in [-0.2, 0) is 9.47 Å². The van der Waals surface area contributed by atoms with Gasteiger partial charge < -0.3 is 20.5 Å². The predicted octanol–water partition coefficient (Wildman–Crippen LogP) is 2.05. The summed E-state index contributed by atoms with van der Waals surface area (Å²) in [5.41, 5.74) is 5.85. The zero-order valence-electron chi connectivity index (χ0n) is 12.6. The molecule has 1 heterocycles. The smallest absolute Gasteiger partial charge is 0.407 e. The van der Waals surface area contributed by atoms with E-state index in [4.69, 9.17) is 15.2 Å². The summed E-state index contributed by atoms with van der Waals surface area (Å²) in [6.07, 6.45) is 2.56. The van der Waals surface area contributed by atoms with E-state index in [2.05, 4.69) is 12.2 Å². The maximum absolute atomic E-state index is 11.5. The molecule has 0 saturated carbocycles. The lowest BCUT2D eigenvalue weighted by molar-refractivity contribution is 0.0161. The average molecular weight is 272 g/mol. The minimum Gasteiger partial charge on any atom is -0.444 e. The monoisotopic (exact) mass is 272 g/mol. The zero-order chi connectivity index (χ0) is 14.5. The first kappa shape index (κ1) is 16.2. The molecule has 5 heteroatoms. The fourth-order valence-corrected chi connectivity index (χ4v) is 2.30. The average Bonchev–Trinajstić information content (AvgIpc) is 2.24. The second kappa shape index (κ2) is 6.57. The number of carbonyl (C=O) groups is 1. The molecular formula is C14H28N2O3. The molecule has 1 fully saturated rings. The van der Waals surface area contributed by atoms with E-state index in [0.717, 1.165) is 32.5 Å². The molecule has 0 spiro atoms. The summed E-state index contributed by atoms with van der Waals surface area (Å²) < 4.78 is 10.5. The van der Waals surface area contributed by atoms with Gasteiger partial charge >= 0.3 is 6.09 Å². The molecule has 1 rings (SSSR count). The maximum atomic E-state index is 11.5. The Hall–Kier alpha value is -0.810. The number of hydrogen-bond donors (Lipinski definition) is 2. The van der Waals surface area contributed by atoms with Gasteiger partial charge in [0.2, 0.25) is 0 Å². The Bertz CT molecular complexity index is 294. The SMILES string of the molecule is CC1(CC(N)CNC(=O)OC(C)(C)C)CCOCC1. The number of nitrogens with two attached hydrogens (primary N) is 1. The van der Waals surface area contributed by atoms with E-state index >= 15 is 0 Å². The van der Waals surface area contributed by atoms with Gasteiger partial charge in [-0.3, -0.25) is 0 Å². The Labute approximate surface area is 116 Å². The van der Waals surface area contributed by atoms with Crippen molar-refractivity contribution in [3.63, 3.8) is 0 Å². The van der Waals surface area contributed by atoms with Crippen molar-refractivity contribution in [3.8, 4) is 0 Å².